The molecular formula is C20H19ClN2O3S. The number of carbonyl (C=O) groups excluding carboxylic acids is 1. The number of ether oxygens (including phenoxy) is 2. The van der Waals surface area contributed by atoms with Gasteiger partial charge in [-0.05, 0) is 29.8 Å². The first-order chi connectivity index (χ1) is 13.1. The maximum absolute atomic E-state index is 12.4. The van der Waals surface area contributed by atoms with E-state index in [-0.39, 0.29) is 5.91 Å². The maximum Gasteiger partial charge on any atom is 0.272 e. The molecule has 2 aromatic carbocycles. The summed E-state index contributed by atoms with van der Waals surface area (Å²) in [4.78, 5) is 17.3. The van der Waals surface area contributed by atoms with Crippen molar-refractivity contribution in [3.05, 3.63) is 63.9 Å². The summed E-state index contributed by atoms with van der Waals surface area (Å²) in [5.41, 5.74) is 1.68. The number of fused-ring (bicyclic) bond motifs is 1. The van der Waals surface area contributed by atoms with E-state index in [9.17, 15) is 4.79 Å². The van der Waals surface area contributed by atoms with Crippen LogP contribution in [-0.2, 0) is 16.1 Å². The van der Waals surface area contributed by atoms with Gasteiger partial charge in [-0.25, -0.2) is 0 Å². The van der Waals surface area contributed by atoms with Gasteiger partial charge in [-0.2, -0.15) is 4.99 Å². The Hall–Kier alpha value is -2.41. The van der Waals surface area contributed by atoms with Crippen LogP contribution in [0.15, 0.2) is 53.5 Å². The highest BCUT2D eigenvalue weighted by atomic mass is 35.5. The molecule has 0 spiro atoms. The van der Waals surface area contributed by atoms with Crippen LogP contribution >= 0.6 is 22.9 Å². The molecule has 0 aliphatic rings. The molecule has 0 N–H and O–H groups in total. The van der Waals surface area contributed by atoms with Crippen LogP contribution in [0.25, 0.3) is 16.3 Å². The third-order valence-electron chi connectivity index (χ3n) is 3.92. The van der Waals surface area contributed by atoms with E-state index in [1.165, 1.54) is 17.4 Å². The number of halogens is 1. The average molecular weight is 403 g/mol. The Morgan fingerprint density at radius 3 is 2.78 bits per heavy atom. The standard InChI is InChI=1S/C20H19ClN2O3S/c1-25-13-12-23-19-16(26-2)8-5-9-17(19)27-20(23)22-18(24)11-10-14-6-3-4-7-15(14)21/h3-11H,12-13H2,1-2H3/b11-10+,22-20?. The number of nitrogens with zero attached hydrogens (tertiary/aromatic N) is 2. The zero-order valence-corrected chi connectivity index (χ0v) is 16.6. The van der Waals surface area contributed by atoms with Crippen LogP contribution in [0.5, 0.6) is 5.75 Å². The van der Waals surface area contributed by atoms with Gasteiger partial charge in [-0.1, -0.05) is 47.2 Å². The number of para-hydroxylation sites is 1. The predicted octanol–water partition coefficient (Wildman–Crippen LogP) is 4.15. The van der Waals surface area contributed by atoms with Gasteiger partial charge in [0.1, 0.15) is 11.3 Å². The van der Waals surface area contributed by atoms with Gasteiger partial charge < -0.3 is 14.0 Å². The first-order valence-electron chi connectivity index (χ1n) is 8.30. The van der Waals surface area contributed by atoms with Gasteiger partial charge in [0, 0.05) is 24.8 Å². The van der Waals surface area contributed by atoms with Crippen LogP contribution in [0.4, 0.5) is 0 Å². The van der Waals surface area contributed by atoms with Crippen molar-refractivity contribution < 1.29 is 14.3 Å². The highest BCUT2D eigenvalue weighted by Crippen LogP contribution is 2.27. The normalized spacial score (nSPS) is 12.2. The molecular weight excluding hydrogens is 384 g/mol. The zero-order valence-electron chi connectivity index (χ0n) is 15.0. The number of benzene rings is 2. The minimum atomic E-state index is -0.355. The van der Waals surface area contributed by atoms with Crippen LogP contribution in [-0.4, -0.2) is 31.3 Å². The van der Waals surface area contributed by atoms with E-state index in [0.717, 1.165) is 21.5 Å². The Morgan fingerprint density at radius 1 is 1.22 bits per heavy atom. The van der Waals surface area contributed by atoms with Gasteiger partial charge in [-0.3, -0.25) is 4.79 Å². The number of carbonyl (C=O) groups is 1. The van der Waals surface area contributed by atoms with Crippen molar-refractivity contribution in [1.29, 1.82) is 0 Å². The second kappa shape index (κ2) is 8.99. The second-order valence-electron chi connectivity index (χ2n) is 5.64. The monoisotopic (exact) mass is 402 g/mol. The summed E-state index contributed by atoms with van der Waals surface area (Å²) < 4.78 is 13.6. The molecule has 0 unspecified atom stereocenters. The lowest BCUT2D eigenvalue weighted by atomic mass is 10.2. The molecule has 1 aromatic heterocycles. The number of rotatable bonds is 6. The van der Waals surface area contributed by atoms with Crippen LogP contribution in [0.2, 0.25) is 5.02 Å². The minimum absolute atomic E-state index is 0.355. The van der Waals surface area contributed by atoms with Crippen LogP contribution < -0.4 is 9.54 Å². The van der Waals surface area contributed by atoms with Crippen LogP contribution in [0.1, 0.15) is 5.56 Å². The molecule has 27 heavy (non-hydrogen) atoms. The Morgan fingerprint density at radius 2 is 2.04 bits per heavy atom. The van der Waals surface area contributed by atoms with E-state index in [4.69, 9.17) is 21.1 Å². The Labute approximate surface area is 166 Å². The first kappa shape index (κ1) is 19.4. The van der Waals surface area contributed by atoms with Crippen molar-refractivity contribution in [1.82, 2.24) is 4.57 Å². The Balaban J connectivity index is 2.01. The fourth-order valence-electron chi connectivity index (χ4n) is 2.64. The van der Waals surface area contributed by atoms with E-state index in [2.05, 4.69) is 4.99 Å². The van der Waals surface area contributed by atoms with Crippen molar-refractivity contribution in [2.45, 2.75) is 6.54 Å². The Kier molecular flexibility index (Phi) is 6.45. The van der Waals surface area contributed by atoms with Gasteiger partial charge in [-0.15, -0.1) is 0 Å². The van der Waals surface area contributed by atoms with E-state index >= 15 is 0 Å². The largest absolute Gasteiger partial charge is 0.495 e. The summed E-state index contributed by atoms with van der Waals surface area (Å²) >= 11 is 7.55. The zero-order chi connectivity index (χ0) is 19.2. The predicted molar refractivity (Wildman–Crippen MR) is 109 cm³/mol. The lowest BCUT2D eigenvalue weighted by Gasteiger charge is -2.07. The van der Waals surface area contributed by atoms with Gasteiger partial charge in [0.05, 0.1) is 18.4 Å². The number of methoxy groups -OCH3 is 2. The molecule has 0 atom stereocenters. The summed E-state index contributed by atoms with van der Waals surface area (Å²) in [6.07, 6.45) is 3.09. The highest BCUT2D eigenvalue weighted by molar-refractivity contribution is 7.16. The molecule has 0 aliphatic heterocycles. The summed E-state index contributed by atoms with van der Waals surface area (Å²) in [6.45, 7) is 1.07. The van der Waals surface area contributed by atoms with Crippen LogP contribution in [0, 0.1) is 0 Å². The molecule has 0 radical (unpaired) electrons. The summed E-state index contributed by atoms with van der Waals surface area (Å²) in [5, 5.41) is 0.586. The molecule has 7 heteroatoms. The maximum atomic E-state index is 12.4. The number of amides is 1. The van der Waals surface area contributed by atoms with Crippen LogP contribution in [0.3, 0.4) is 0 Å². The summed E-state index contributed by atoms with van der Waals surface area (Å²) in [7, 11) is 3.27. The van der Waals surface area contributed by atoms with Crippen molar-refractivity contribution in [2.75, 3.05) is 20.8 Å². The molecule has 5 nitrogen and oxygen atoms in total. The molecule has 0 fully saturated rings. The van der Waals surface area contributed by atoms with E-state index in [0.29, 0.717) is 23.0 Å². The number of hydrogen-bond acceptors (Lipinski definition) is 4. The van der Waals surface area contributed by atoms with Gasteiger partial charge in [0.25, 0.3) is 5.91 Å². The molecule has 1 amide bonds. The molecule has 1 heterocycles. The average Bonchev–Trinajstić information content (AvgIpc) is 3.02. The Bertz CT molecular complexity index is 1050. The van der Waals surface area contributed by atoms with Crippen molar-refractivity contribution in [2.24, 2.45) is 4.99 Å². The second-order valence-corrected chi connectivity index (χ2v) is 7.06. The minimum Gasteiger partial charge on any atom is -0.495 e. The third kappa shape index (κ3) is 4.47. The first-order valence-corrected chi connectivity index (χ1v) is 9.50. The number of thiazole rings is 1. The van der Waals surface area contributed by atoms with Crippen molar-refractivity contribution >= 4 is 45.1 Å². The lowest BCUT2D eigenvalue weighted by molar-refractivity contribution is -0.113. The topological polar surface area (TPSA) is 52.8 Å². The van der Waals surface area contributed by atoms with E-state index in [1.807, 2.05) is 41.0 Å². The molecule has 0 aliphatic carbocycles. The molecule has 3 rings (SSSR count). The molecule has 140 valence electrons. The van der Waals surface area contributed by atoms with Crippen molar-refractivity contribution in [3.8, 4) is 5.75 Å². The highest BCUT2D eigenvalue weighted by Gasteiger charge is 2.11. The molecule has 3 aromatic rings. The van der Waals surface area contributed by atoms with Gasteiger partial charge in [0.15, 0.2) is 4.80 Å². The molecule has 0 bridgehead atoms. The third-order valence-corrected chi connectivity index (χ3v) is 5.31. The lowest BCUT2D eigenvalue weighted by Crippen LogP contribution is -2.19. The fraction of sp³-hybridized carbons (Fsp3) is 0.200. The summed E-state index contributed by atoms with van der Waals surface area (Å²) in [5.74, 6) is 0.381. The molecule has 0 saturated carbocycles. The van der Waals surface area contributed by atoms with Gasteiger partial charge in [0.2, 0.25) is 0 Å². The number of hydrogen-bond donors (Lipinski definition) is 0. The smallest absolute Gasteiger partial charge is 0.272 e. The SMILES string of the molecule is COCCn1c(=NC(=O)/C=C/c2ccccc2Cl)sc2cccc(OC)c21. The fourth-order valence-corrected chi connectivity index (χ4v) is 3.92. The van der Waals surface area contributed by atoms with E-state index in [1.54, 1.807) is 26.4 Å². The van der Waals surface area contributed by atoms with E-state index < -0.39 is 0 Å². The van der Waals surface area contributed by atoms with Gasteiger partial charge >= 0.3 is 0 Å². The molecule has 0 saturated heterocycles. The number of aromatic nitrogens is 1. The summed E-state index contributed by atoms with van der Waals surface area (Å²) in [6, 6.07) is 13.1. The van der Waals surface area contributed by atoms with Crippen molar-refractivity contribution in [3.63, 3.8) is 0 Å². The quantitative estimate of drug-likeness (QED) is 0.582.